The lowest BCUT2D eigenvalue weighted by molar-refractivity contribution is -0.137. The molecule has 0 saturated heterocycles. The second-order valence-corrected chi connectivity index (χ2v) is 3.44. The van der Waals surface area contributed by atoms with E-state index >= 15 is 0 Å². The predicted molar refractivity (Wildman–Crippen MR) is 59.0 cm³/mol. The van der Waals surface area contributed by atoms with E-state index in [0.717, 1.165) is 12.1 Å². The molecule has 0 unspecified atom stereocenters. The molecule has 0 fully saturated rings. The molecule has 0 aliphatic carbocycles. The van der Waals surface area contributed by atoms with Gasteiger partial charge in [0.05, 0.1) is 5.56 Å². The van der Waals surface area contributed by atoms with Crippen molar-refractivity contribution in [1.29, 1.82) is 0 Å². The van der Waals surface area contributed by atoms with Crippen LogP contribution in [-0.4, -0.2) is 4.98 Å². The maximum atomic E-state index is 12.5. The van der Waals surface area contributed by atoms with Gasteiger partial charge in [-0.3, -0.25) is 4.98 Å². The van der Waals surface area contributed by atoms with Crippen LogP contribution in [0.2, 0.25) is 0 Å². The third-order valence-electron chi connectivity index (χ3n) is 2.16. The van der Waals surface area contributed by atoms with Crippen LogP contribution >= 0.6 is 0 Å². The van der Waals surface area contributed by atoms with Crippen LogP contribution in [0.4, 0.5) is 24.5 Å². The Balaban J connectivity index is 2.23. The molecule has 2 aromatic rings. The Morgan fingerprint density at radius 1 is 0.941 bits per heavy atom. The average molecular weight is 238 g/mol. The number of alkyl halides is 3. The summed E-state index contributed by atoms with van der Waals surface area (Å²) in [4.78, 5) is 3.82. The lowest BCUT2D eigenvalue weighted by Crippen LogP contribution is -2.05. The van der Waals surface area contributed by atoms with Crippen molar-refractivity contribution < 1.29 is 13.2 Å². The summed E-state index contributed by atoms with van der Waals surface area (Å²) in [5, 5.41) is 2.88. The minimum Gasteiger partial charge on any atom is -0.355 e. The van der Waals surface area contributed by atoms with Gasteiger partial charge >= 0.3 is 6.18 Å². The topological polar surface area (TPSA) is 24.9 Å². The van der Waals surface area contributed by atoms with Crippen molar-refractivity contribution in [1.82, 2.24) is 4.98 Å². The van der Waals surface area contributed by atoms with Crippen LogP contribution in [0.5, 0.6) is 0 Å². The summed E-state index contributed by atoms with van der Waals surface area (Å²) in [6.45, 7) is 0. The molecule has 0 atom stereocenters. The lowest BCUT2D eigenvalue weighted by Gasteiger charge is -2.10. The highest BCUT2D eigenvalue weighted by Crippen LogP contribution is 2.31. The zero-order valence-electron chi connectivity index (χ0n) is 8.70. The van der Waals surface area contributed by atoms with Gasteiger partial charge in [-0.15, -0.1) is 0 Å². The van der Waals surface area contributed by atoms with Crippen molar-refractivity contribution in [3.8, 4) is 0 Å². The van der Waals surface area contributed by atoms with Gasteiger partial charge in [-0.05, 0) is 30.3 Å². The molecule has 0 amide bonds. The van der Waals surface area contributed by atoms with E-state index in [-0.39, 0.29) is 0 Å². The van der Waals surface area contributed by atoms with E-state index in [9.17, 15) is 13.2 Å². The van der Waals surface area contributed by atoms with E-state index < -0.39 is 11.7 Å². The van der Waals surface area contributed by atoms with E-state index in [1.807, 2.05) is 0 Å². The van der Waals surface area contributed by atoms with Crippen molar-refractivity contribution in [2.45, 2.75) is 6.18 Å². The Kier molecular flexibility index (Phi) is 2.99. The molecule has 0 aliphatic rings. The molecule has 1 aromatic heterocycles. The molecule has 1 aromatic carbocycles. The van der Waals surface area contributed by atoms with Crippen LogP contribution in [0.3, 0.4) is 0 Å². The number of aromatic nitrogens is 1. The minimum absolute atomic E-state index is 0.394. The van der Waals surface area contributed by atoms with E-state index in [1.54, 1.807) is 30.6 Å². The maximum Gasteiger partial charge on any atom is 0.416 e. The maximum absolute atomic E-state index is 12.5. The monoisotopic (exact) mass is 238 g/mol. The fourth-order valence-electron chi connectivity index (χ4n) is 1.38. The van der Waals surface area contributed by atoms with Crippen molar-refractivity contribution in [2.24, 2.45) is 0 Å². The van der Waals surface area contributed by atoms with Crippen molar-refractivity contribution >= 4 is 11.4 Å². The minimum atomic E-state index is -4.32. The summed E-state index contributed by atoms with van der Waals surface area (Å²) < 4.78 is 37.4. The number of hydrogen-bond acceptors (Lipinski definition) is 2. The van der Waals surface area contributed by atoms with Gasteiger partial charge in [0.1, 0.15) is 0 Å². The highest BCUT2D eigenvalue weighted by Gasteiger charge is 2.30. The summed E-state index contributed by atoms with van der Waals surface area (Å²) in [6, 6.07) is 8.42. The number of nitrogens with one attached hydrogen (secondary N) is 1. The Morgan fingerprint density at radius 2 is 1.65 bits per heavy atom. The van der Waals surface area contributed by atoms with Crippen molar-refractivity contribution in [2.75, 3.05) is 5.32 Å². The summed E-state index contributed by atoms with van der Waals surface area (Å²) >= 11 is 0. The summed E-state index contributed by atoms with van der Waals surface area (Å²) in [5.74, 6) is 0. The molecule has 0 radical (unpaired) electrons. The molecule has 17 heavy (non-hydrogen) atoms. The molecule has 1 N–H and O–H groups in total. The van der Waals surface area contributed by atoms with Gasteiger partial charge < -0.3 is 5.32 Å². The molecule has 88 valence electrons. The summed E-state index contributed by atoms with van der Waals surface area (Å²) in [5.41, 5.74) is 0.418. The number of benzene rings is 1. The van der Waals surface area contributed by atoms with E-state index in [0.29, 0.717) is 11.4 Å². The molecular formula is C12H9F3N2. The molecule has 5 heteroatoms. The Morgan fingerprint density at radius 3 is 2.29 bits per heavy atom. The number of halogens is 3. The Hall–Kier alpha value is -2.04. The number of rotatable bonds is 2. The van der Waals surface area contributed by atoms with Crippen LogP contribution in [0.1, 0.15) is 5.56 Å². The first-order valence-electron chi connectivity index (χ1n) is 4.90. The first-order chi connectivity index (χ1) is 8.05. The zero-order chi connectivity index (χ0) is 12.3. The van der Waals surface area contributed by atoms with Crippen LogP contribution in [0.15, 0.2) is 48.8 Å². The standard InChI is InChI=1S/C12H9F3N2/c13-12(14,15)9-2-1-3-11(8-9)17-10-4-6-16-7-5-10/h1-8H,(H,16,17). The highest BCUT2D eigenvalue weighted by molar-refractivity contribution is 5.59. The molecule has 0 saturated carbocycles. The van der Waals surface area contributed by atoms with E-state index in [4.69, 9.17) is 0 Å². The zero-order valence-corrected chi connectivity index (χ0v) is 8.70. The van der Waals surface area contributed by atoms with E-state index in [2.05, 4.69) is 10.3 Å². The Bertz CT molecular complexity index is 495. The molecule has 1 heterocycles. The Labute approximate surface area is 96.1 Å². The molecule has 2 rings (SSSR count). The number of pyridine rings is 1. The molecular weight excluding hydrogens is 229 g/mol. The number of nitrogens with zero attached hydrogens (tertiary/aromatic N) is 1. The van der Waals surface area contributed by atoms with Gasteiger partial charge in [0.2, 0.25) is 0 Å². The first kappa shape index (κ1) is 11.4. The molecule has 0 aliphatic heterocycles. The molecule has 0 spiro atoms. The van der Waals surface area contributed by atoms with Gasteiger partial charge in [0.25, 0.3) is 0 Å². The normalized spacial score (nSPS) is 11.2. The SMILES string of the molecule is FC(F)(F)c1cccc(Nc2ccncc2)c1. The van der Waals surface area contributed by atoms with Gasteiger partial charge in [-0.1, -0.05) is 6.07 Å². The molecule has 0 bridgehead atoms. The van der Waals surface area contributed by atoms with Crippen molar-refractivity contribution in [3.63, 3.8) is 0 Å². The number of hydrogen-bond donors (Lipinski definition) is 1. The second kappa shape index (κ2) is 4.45. The first-order valence-corrected chi connectivity index (χ1v) is 4.90. The second-order valence-electron chi connectivity index (χ2n) is 3.44. The summed E-state index contributed by atoms with van der Waals surface area (Å²) in [7, 11) is 0. The quantitative estimate of drug-likeness (QED) is 0.859. The highest BCUT2D eigenvalue weighted by atomic mass is 19.4. The van der Waals surface area contributed by atoms with Gasteiger partial charge in [0.15, 0.2) is 0 Å². The van der Waals surface area contributed by atoms with Crippen LogP contribution in [-0.2, 0) is 6.18 Å². The largest absolute Gasteiger partial charge is 0.416 e. The third-order valence-corrected chi connectivity index (χ3v) is 2.16. The smallest absolute Gasteiger partial charge is 0.355 e. The van der Waals surface area contributed by atoms with Gasteiger partial charge in [-0.25, -0.2) is 0 Å². The fraction of sp³-hybridized carbons (Fsp3) is 0.0833. The van der Waals surface area contributed by atoms with Crippen LogP contribution in [0, 0.1) is 0 Å². The van der Waals surface area contributed by atoms with E-state index in [1.165, 1.54) is 6.07 Å². The van der Waals surface area contributed by atoms with Crippen LogP contribution < -0.4 is 5.32 Å². The lowest BCUT2D eigenvalue weighted by atomic mass is 10.2. The third kappa shape index (κ3) is 2.96. The van der Waals surface area contributed by atoms with Gasteiger partial charge in [-0.2, -0.15) is 13.2 Å². The average Bonchev–Trinajstić information content (AvgIpc) is 2.29. The van der Waals surface area contributed by atoms with Gasteiger partial charge in [0, 0.05) is 23.8 Å². The number of anilines is 2. The van der Waals surface area contributed by atoms with Crippen molar-refractivity contribution in [3.05, 3.63) is 54.4 Å². The fourth-order valence-corrected chi connectivity index (χ4v) is 1.38. The van der Waals surface area contributed by atoms with Crippen LogP contribution in [0.25, 0.3) is 0 Å². The predicted octanol–water partition coefficient (Wildman–Crippen LogP) is 3.84. The molecule has 2 nitrogen and oxygen atoms in total. The summed E-state index contributed by atoms with van der Waals surface area (Å²) in [6.07, 6.45) is -1.19.